The Morgan fingerprint density at radius 2 is 1.52 bits per heavy atom. The molecule has 0 amide bonds. The molecule has 0 radical (unpaired) electrons. The third kappa shape index (κ3) is 2.93. The van der Waals surface area contributed by atoms with E-state index in [1.807, 2.05) is 0 Å². The van der Waals surface area contributed by atoms with Crippen molar-refractivity contribution in [2.45, 2.75) is 12.4 Å². The minimum atomic E-state index is -5.24. The van der Waals surface area contributed by atoms with Gasteiger partial charge < -0.3 is 5.11 Å². The molecule has 1 aromatic heterocycles. The number of halogens is 6. The van der Waals surface area contributed by atoms with Crippen molar-refractivity contribution in [3.8, 4) is 17.0 Å². The van der Waals surface area contributed by atoms with Crippen molar-refractivity contribution in [3.63, 3.8) is 0 Å². The smallest absolute Gasteiger partial charge is 0.417 e. The third-order valence-corrected chi connectivity index (χ3v) is 2.69. The van der Waals surface area contributed by atoms with Crippen LogP contribution in [-0.2, 0) is 12.4 Å². The first-order valence-corrected chi connectivity index (χ1v) is 5.54. The van der Waals surface area contributed by atoms with E-state index < -0.39 is 40.5 Å². The molecule has 1 N–H and O–H groups in total. The molecule has 0 atom stereocenters. The van der Waals surface area contributed by atoms with E-state index in [-0.39, 0.29) is 0 Å². The van der Waals surface area contributed by atoms with Gasteiger partial charge in [-0.25, -0.2) is 0 Å². The van der Waals surface area contributed by atoms with Crippen molar-refractivity contribution < 1.29 is 31.4 Å². The molecule has 0 fully saturated rings. The van der Waals surface area contributed by atoms with Crippen LogP contribution in [0.2, 0.25) is 0 Å². The molecule has 0 saturated carbocycles. The van der Waals surface area contributed by atoms with Crippen LogP contribution in [-0.4, -0.2) is 10.1 Å². The SMILES string of the molecule is Oc1cccnc1-c1cccc(C(F)(F)F)c1C(F)(F)F. The number of alkyl halides is 6. The Bertz CT molecular complexity index is 662. The van der Waals surface area contributed by atoms with E-state index in [1.54, 1.807) is 0 Å². The summed E-state index contributed by atoms with van der Waals surface area (Å²) in [5.41, 5.74) is -5.07. The number of benzene rings is 1. The van der Waals surface area contributed by atoms with Gasteiger partial charge in [0.05, 0.1) is 11.1 Å². The van der Waals surface area contributed by atoms with Gasteiger partial charge in [0.2, 0.25) is 0 Å². The number of nitrogens with zero attached hydrogens (tertiary/aromatic N) is 1. The predicted molar refractivity (Wildman–Crippen MR) is 61.3 cm³/mol. The van der Waals surface area contributed by atoms with E-state index in [1.165, 1.54) is 6.07 Å². The van der Waals surface area contributed by atoms with Gasteiger partial charge in [-0.1, -0.05) is 12.1 Å². The van der Waals surface area contributed by atoms with E-state index in [2.05, 4.69) is 4.98 Å². The number of aromatic nitrogens is 1. The number of pyridine rings is 1. The number of aromatic hydroxyl groups is 1. The molecule has 0 aliphatic heterocycles. The molecular formula is C13H7F6NO. The van der Waals surface area contributed by atoms with E-state index in [0.29, 0.717) is 6.07 Å². The zero-order chi connectivity index (χ0) is 15.8. The maximum absolute atomic E-state index is 13.0. The number of hydrogen-bond acceptors (Lipinski definition) is 2. The topological polar surface area (TPSA) is 33.1 Å². The van der Waals surface area contributed by atoms with Crippen LogP contribution in [0.3, 0.4) is 0 Å². The van der Waals surface area contributed by atoms with Gasteiger partial charge in [0.1, 0.15) is 11.4 Å². The van der Waals surface area contributed by atoms with Crippen LogP contribution in [0.5, 0.6) is 5.75 Å². The van der Waals surface area contributed by atoms with Gasteiger partial charge in [0.15, 0.2) is 0 Å². The molecule has 21 heavy (non-hydrogen) atoms. The Hall–Kier alpha value is -2.25. The van der Waals surface area contributed by atoms with Crippen molar-refractivity contribution in [3.05, 3.63) is 47.7 Å². The average molecular weight is 307 g/mol. The van der Waals surface area contributed by atoms with Gasteiger partial charge in [0, 0.05) is 11.8 Å². The molecule has 0 spiro atoms. The highest BCUT2D eigenvalue weighted by molar-refractivity contribution is 5.71. The number of hydrogen-bond donors (Lipinski definition) is 1. The molecule has 0 aliphatic rings. The van der Waals surface area contributed by atoms with Crippen molar-refractivity contribution >= 4 is 0 Å². The van der Waals surface area contributed by atoms with Gasteiger partial charge in [-0.3, -0.25) is 4.98 Å². The Labute approximate surface area is 114 Å². The molecular weight excluding hydrogens is 300 g/mol. The van der Waals surface area contributed by atoms with Crippen LogP contribution in [0.15, 0.2) is 36.5 Å². The quantitative estimate of drug-likeness (QED) is 0.787. The molecule has 2 aromatic rings. The highest BCUT2D eigenvalue weighted by Crippen LogP contribution is 2.45. The van der Waals surface area contributed by atoms with E-state index in [0.717, 1.165) is 24.4 Å². The summed E-state index contributed by atoms with van der Waals surface area (Å²) in [7, 11) is 0. The first kappa shape index (κ1) is 15.1. The van der Waals surface area contributed by atoms with Gasteiger partial charge in [-0.05, 0) is 18.2 Å². The minimum absolute atomic E-state index is 0.340. The van der Waals surface area contributed by atoms with E-state index in [4.69, 9.17) is 0 Å². The highest BCUT2D eigenvalue weighted by atomic mass is 19.4. The first-order valence-electron chi connectivity index (χ1n) is 5.54. The van der Waals surface area contributed by atoms with E-state index >= 15 is 0 Å². The van der Waals surface area contributed by atoms with Gasteiger partial charge >= 0.3 is 12.4 Å². The van der Waals surface area contributed by atoms with Crippen molar-refractivity contribution in [2.24, 2.45) is 0 Å². The summed E-state index contributed by atoms with van der Waals surface area (Å²) < 4.78 is 77.5. The minimum Gasteiger partial charge on any atom is -0.506 e. The van der Waals surface area contributed by atoms with Crippen LogP contribution in [0.25, 0.3) is 11.3 Å². The average Bonchev–Trinajstić information content (AvgIpc) is 2.36. The second kappa shape index (κ2) is 4.94. The lowest BCUT2D eigenvalue weighted by atomic mass is 9.97. The van der Waals surface area contributed by atoms with Crippen molar-refractivity contribution in [1.29, 1.82) is 0 Å². The lowest BCUT2D eigenvalue weighted by Crippen LogP contribution is -2.18. The fourth-order valence-corrected chi connectivity index (χ4v) is 1.90. The summed E-state index contributed by atoms with van der Waals surface area (Å²) in [6, 6.07) is 4.30. The maximum atomic E-state index is 13.0. The molecule has 0 unspecified atom stereocenters. The largest absolute Gasteiger partial charge is 0.506 e. The summed E-state index contributed by atoms with van der Waals surface area (Å²) in [6.45, 7) is 0. The Balaban J connectivity index is 2.82. The summed E-state index contributed by atoms with van der Waals surface area (Å²) >= 11 is 0. The van der Waals surface area contributed by atoms with Crippen molar-refractivity contribution in [1.82, 2.24) is 4.98 Å². The Morgan fingerprint density at radius 3 is 2.05 bits per heavy atom. The third-order valence-electron chi connectivity index (χ3n) is 2.69. The predicted octanol–water partition coefficient (Wildman–Crippen LogP) is 4.49. The lowest BCUT2D eigenvalue weighted by molar-refractivity contribution is -0.161. The standard InChI is InChI=1S/C13H7F6NO/c14-12(15,16)8-4-1-3-7(10(8)13(17,18)19)11-9(21)5-2-6-20-11/h1-6,21H. The van der Waals surface area contributed by atoms with Gasteiger partial charge in [-0.2, -0.15) is 26.3 Å². The van der Waals surface area contributed by atoms with E-state index in [9.17, 15) is 31.4 Å². The molecule has 0 bridgehead atoms. The van der Waals surface area contributed by atoms with Crippen LogP contribution in [0, 0.1) is 0 Å². The molecule has 112 valence electrons. The fraction of sp³-hybridized carbons (Fsp3) is 0.154. The van der Waals surface area contributed by atoms with Crippen molar-refractivity contribution in [2.75, 3.05) is 0 Å². The zero-order valence-corrected chi connectivity index (χ0v) is 10.1. The summed E-state index contributed by atoms with van der Waals surface area (Å²) in [5, 5.41) is 9.54. The van der Waals surface area contributed by atoms with Crippen LogP contribution >= 0.6 is 0 Å². The Kier molecular flexibility index (Phi) is 3.56. The number of rotatable bonds is 1. The monoisotopic (exact) mass is 307 g/mol. The lowest BCUT2D eigenvalue weighted by Gasteiger charge is -2.19. The molecule has 1 heterocycles. The van der Waals surface area contributed by atoms with Gasteiger partial charge in [-0.15, -0.1) is 0 Å². The second-order valence-electron chi connectivity index (χ2n) is 4.09. The van der Waals surface area contributed by atoms with Crippen LogP contribution < -0.4 is 0 Å². The summed E-state index contributed by atoms with van der Waals surface area (Å²) in [5.74, 6) is -0.637. The van der Waals surface area contributed by atoms with Crippen LogP contribution in [0.4, 0.5) is 26.3 Å². The maximum Gasteiger partial charge on any atom is 0.417 e. The molecule has 2 rings (SSSR count). The fourth-order valence-electron chi connectivity index (χ4n) is 1.90. The second-order valence-corrected chi connectivity index (χ2v) is 4.09. The summed E-state index contributed by atoms with van der Waals surface area (Å²) in [6.07, 6.45) is -9.34. The summed E-state index contributed by atoms with van der Waals surface area (Å²) in [4.78, 5) is 3.53. The van der Waals surface area contributed by atoms with Crippen LogP contribution in [0.1, 0.15) is 11.1 Å². The molecule has 2 nitrogen and oxygen atoms in total. The molecule has 1 aromatic carbocycles. The highest BCUT2D eigenvalue weighted by Gasteiger charge is 2.45. The normalized spacial score (nSPS) is 12.5. The molecule has 0 saturated heterocycles. The zero-order valence-electron chi connectivity index (χ0n) is 10.1. The molecule has 8 heteroatoms. The Morgan fingerprint density at radius 1 is 0.857 bits per heavy atom. The molecule has 0 aliphatic carbocycles. The first-order chi connectivity index (χ1) is 9.62. The van der Waals surface area contributed by atoms with Gasteiger partial charge in [0.25, 0.3) is 0 Å².